The number of hydrogen-bond donors (Lipinski definition) is 1. The first-order valence-electron chi connectivity index (χ1n) is 6.74. The summed E-state index contributed by atoms with van der Waals surface area (Å²) in [5.41, 5.74) is 0.983. The van der Waals surface area contributed by atoms with Crippen LogP contribution in [0.5, 0.6) is 0 Å². The van der Waals surface area contributed by atoms with Crippen LogP contribution >= 0.6 is 0 Å². The van der Waals surface area contributed by atoms with Crippen LogP contribution in [0.25, 0.3) is 0 Å². The number of carbonyl (C=O) groups is 1. The van der Waals surface area contributed by atoms with Crippen LogP contribution in [0.2, 0.25) is 0 Å². The molecule has 1 heterocycles. The zero-order valence-electron chi connectivity index (χ0n) is 12.4. The van der Waals surface area contributed by atoms with Crippen molar-refractivity contribution >= 4 is 21.6 Å². The van der Waals surface area contributed by atoms with Crippen molar-refractivity contribution < 1.29 is 17.6 Å². The SMILES string of the molecule is CS(=O)(=O)N(CC(=O)Nc1cccc(F)c1)Cc1ccncc1. The maximum absolute atomic E-state index is 13.1. The van der Waals surface area contributed by atoms with Gasteiger partial charge in [-0.15, -0.1) is 0 Å². The number of nitrogens with zero attached hydrogens (tertiary/aromatic N) is 2. The molecular formula is C15H16FN3O3S. The Morgan fingerprint density at radius 1 is 1.26 bits per heavy atom. The number of anilines is 1. The summed E-state index contributed by atoms with van der Waals surface area (Å²) in [6, 6.07) is 8.73. The molecule has 0 fully saturated rings. The summed E-state index contributed by atoms with van der Waals surface area (Å²) in [4.78, 5) is 15.9. The molecule has 1 N–H and O–H groups in total. The summed E-state index contributed by atoms with van der Waals surface area (Å²) in [5, 5.41) is 2.47. The van der Waals surface area contributed by atoms with Crippen molar-refractivity contribution in [3.63, 3.8) is 0 Å². The summed E-state index contributed by atoms with van der Waals surface area (Å²) < 4.78 is 37.8. The zero-order valence-corrected chi connectivity index (χ0v) is 13.3. The number of aromatic nitrogens is 1. The Balaban J connectivity index is 2.07. The minimum Gasteiger partial charge on any atom is -0.325 e. The van der Waals surface area contributed by atoms with Gasteiger partial charge in [0.2, 0.25) is 15.9 Å². The lowest BCUT2D eigenvalue weighted by Crippen LogP contribution is -2.36. The van der Waals surface area contributed by atoms with E-state index in [-0.39, 0.29) is 18.8 Å². The van der Waals surface area contributed by atoms with E-state index in [1.807, 2.05) is 0 Å². The van der Waals surface area contributed by atoms with E-state index in [0.717, 1.165) is 16.6 Å². The van der Waals surface area contributed by atoms with Crippen LogP contribution in [-0.4, -0.2) is 36.4 Å². The van der Waals surface area contributed by atoms with E-state index in [1.54, 1.807) is 24.5 Å². The number of carbonyl (C=O) groups excluding carboxylic acids is 1. The second-order valence-electron chi connectivity index (χ2n) is 4.95. The molecule has 2 rings (SSSR count). The highest BCUT2D eigenvalue weighted by Gasteiger charge is 2.20. The van der Waals surface area contributed by atoms with Crippen LogP contribution in [0.1, 0.15) is 5.56 Å². The molecule has 0 aliphatic heterocycles. The standard InChI is InChI=1S/C15H16FN3O3S/c1-23(21,22)19(10-12-5-7-17-8-6-12)11-15(20)18-14-4-2-3-13(16)9-14/h2-9H,10-11H2,1H3,(H,18,20). The molecule has 0 bridgehead atoms. The molecule has 8 heteroatoms. The highest BCUT2D eigenvalue weighted by molar-refractivity contribution is 7.88. The van der Waals surface area contributed by atoms with Gasteiger partial charge in [-0.3, -0.25) is 9.78 Å². The van der Waals surface area contributed by atoms with Crippen LogP contribution < -0.4 is 5.32 Å². The number of amides is 1. The summed E-state index contributed by atoms with van der Waals surface area (Å²) in [5.74, 6) is -1.03. The molecule has 0 atom stereocenters. The molecule has 0 unspecified atom stereocenters. The summed E-state index contributed by atoms with van der Waals surface area (Å²) in [6.45, 7) is -0.310. The summed E-state index contributed by atoms with van der Waals surface area (Å²) in [6.07, 6.45) is 4.12. The van der Waals surface area contributed by atoms with Crippen LogP contribution in [0, 0.1) is 5.82 Å². The minimum absolute atomic E-state index is 0.0535. The molecule has 2 aromatic rings. The number of benzene rings is 1. The maximum atomic E-state index is 13.1. The van der Waals surface area contributed by atoms with Gasteiger partial charge in [-0.25, -0.2) is 12.8 Å². The second-order valence-corrected chi connectivity index (χ2v) is 6.93. The van der Waals surface area contributed by atoms with Gasteiger partial charge in [-0.2, -0.15) is 4.31 Å². The van der Waals surface area contributed by atoms with Crippen LogP contribution in [0.4, 0.5) is 10.1 Å². The van der Waals surface area contributed by atoms with E-state index < -0.39 is 21.7 Å². The van der Waals surface area contributed by atoms with E-state index >= 15 is 0 Å². The Kier molecular flexibility index (Phi) is 5.41. The highest BCUT2D eigenvalue weighted by atomic mass is 32.2. The Labute approximate surface area is 134 Å². The van der Waals surface area contributed by atoms with E-state index in [1.165, 1.54) is 18.2 Å². The molecule has 23 heavy (non-hydrogen) atoms. The number of hydrogen-bond acceptors (Lipinski definition) is 4. The second kappa shape index (κ2) is 7.30. The Bertz CT molecular complexity index is 782. The van der Waals surface area contributed by atoms with Crippen molar-refractivity contribution in [2.45, 2.75) is 6.54 Å². The smallest absolute Gasteiger partial charge is 0.239 e. The lowest BCUT2D eigenvalue weighted by Gasteiger charge is -2.19. The largest absolute Gasteiger partial charge is 0.325 e. The Morgan fingerprint density at radius 3 is 2.57 bits per heavy atom. The van der Waals surface area contributed by atoms with Crippen molar-refractivity contribution in [1.29, 1.82) is 0 Å². The van der Waals surface area contributed by atoms with Gasteiger partial charge in [-0.05, 0) is 35.9 Å². The molecule has 0 saturated carbocycles. The average Bonchev–Trinajstić information content (AvgIpc) is 2.46. The van der Waals surface area contributed by atoms with Crippen molar-refractivity contribution in [2.24, 2.45) is 0 Å². The lowest BCUT2D eigenvalue weighted by atomic mass is 10.2. The monoisotopic (exact) mass is 337 g/mol. The fourth-order valence-electron chi connectivity index (χ4n) is 1.91. The zero-order chi connectivity index (χ0) is 16.9. The average molecular weight is 337 g/mol. The predicted molar refractivity (Wildman–Crippen MR) is 84.5 cm³/mol. The topological polar surface area (TPSA) is 79.4 Å². The van der Waals surface area contributed by atoms with Crippen LogP contribution in [0.15, 0.2) is 48.8 Å². The predicted octanol–water partition coefficient (Wildman–Crippen LogP) is 1.62. The van der Waals surface area contributed by atoms with Crippen molar-refractivity contribution in [3.05, 3.63) is 60.2 Å². The van der Waals surface area contributed by atoms with Gasteiger partial charge < -0.3 is 5.32 Å². The van der Waals surface area contributed by atoms with Gasteiger partial charge in [-0.1, -0.05) is 6.07 Å². The first kappa shape index (κ1) is 17.0. The molecule has 0 saturated heterocycles. The van der Waals surface area contributed by atoms with E-state index in [9.17, 15) is 17.6 Å². The minimum atomic E-state index is -3.58. The third-order valence-electron chi connectivity index (χ3n) is 3.01. The van der Waals surface area contributed by atoms with Crippen molar-refractivity contribution in [3.8, 4) is 0 Å². The summed E-state index contributed by atoms with van der Waals surface area (Å²) >= 11 is 0. The van der Waals surface area contributed by atoms with E-state index in [4.69, 9.17) is 0 Å². The number of rotatable bonds is 6. The van der Waals surface area contributed by atoms with Gasteiger partial charge in [0.25, 0.3) is 0 Å². The highest BCUT2D eigenvalue weighted by Crippen LogP contribution is 2.11. The Hall–Kier alpha value is -2.32. The van der Waals surface area contributed by atoms with Gasteiger partial charge in [0.05, 0.1) is 12.8 Å². The molecule has 0 aliphatic carbocycles. The number of pyridine rings is 1. The first-order valence-corrected chi connectivity index (χ1v) is 8.59. The van der Waals surface area contributed by atoms with Crippen molar-refractivity contribution in [1.82, 2.24) is 9.29 Å². The van der Waals surface area contributed by atoms with Gasteiger partial charge in [0.15, 0.2) is 0 Å². The molecule has 0 radical (unpaired) electrons. The lowest BCUT2D eigenvalue weighted by molar-refractivity contribution is -0.116. The fourth-order valence-corrected chi connectivity index (χ4v) is 2.64. The first-order chi connectivity index (χ1) is 10.8. The number of nitrogens with one attached hydrogen (secondary N) is 1. The molecule has 0 aliphatic rings. The molecule has 1 amide bonds. The fraction of sp³-hybridized carbons (Fsp3) is 0.200. The third kappa shape index (κ3) is 5.42. The molecule has 0 spiro atoms. The van der Waals surface area contributed by atoms with Crippen LogP contribution in [0.3, 0.4) is 0 Å². The molecule has 1 aromatic carbocycles. The maximum Gasteiger partial charge on any atom is 0.239 e. The van der Waals surface area contributed by atoms with E-state index in [0.29, 0.717) is 5.56 Å². The quantitative estimate of drug-likeness (QED) is 0.869. The number of halogens is 1. The molecule has 1 aromatic heterocycles. The molecular weight excluding hydrogens is 321 g/mol. The van der Waals surface area contributed by atoms with Gasteiger partial charge >= 0.3 is 0 Å². The third-order valence-corrected chi connectivity index (χ3v) is 4.20. The number of sulfonamides is 1. The summed E-state index contributed by atoms with van der Waals surface area (Å²) in [7, 11) is -3.58. The molecule has 6 nitrogen and oxygen atoms in total. The normalized spacial score (nSPS) is 11.4. The Morgan fingerprint density at radius 2 is 1.96 bits per heavy atom. The van der Waals surface area contributed by atoms with E-state index in [2.05, 4.69) is 10.3 Å². The van der Waals surface area contributed by atoms with Crippen LogP contribution in [-0.2, 0) is 21.4 Å². The van der Waals surface area contributed by atoms with Gasteiger partial charge in [0.1, 0.15) is 5.82 Å². The van der Waals surface area contributed by atoms with Gasteiger partial charge in [0, 0.05) is 24.6 Å². The molecule has 122 valence electrons. The van der Waals surface area contributed by atoms with Crippen molar-refractivity contribution in [2.75, 3.05) is 18.1 Å².